The smallest absolute Gasteiger partial charge is 0.326 e. The maximum Gasteiger partial charge on any atom is 0.326 e. The topological polar surface area (TPSA) is 130 Å². The second-order valence-corrected chi connectivity index (χ2v) is 5.80. The third-order valence-electron chi connectivity index (χ3n) is 2.43. The molecule has 124 valence electrons. The van der Waals surface area contributed by atoms with Crippen LogP contribution in [0.5, 0.6) is 0 Å². The zero-order valence-corrected chi connectivity index (χ0v) is 13.4. The summed E-state index contributed by atoms with van der Waals surface area (Å²) in [5.74, 6) is -1.57. The Labute approximate surface area is 125 Å². The van der Waals surface area contributed by atoms with Gasteiger partial charge >= 0.3 is 11.9 Å². The molecule has 1 amide bonds. The number of aliphatic carboxylic acids is 2. The van der Waals surface area contributed by atoms with Gasteiger partial charge in [0.05, 0.1) is 0 Å². The number of carbonyl (C=O) groups is 3. The van der Waals surface area contributed by atoms with E-state index in [9.17, 15) is 14.4 Å². The van der Waals surface area contributed by atoms with Gasteiger partial charge in [0.2, 0.25) is 5.91 Å². The summed E-state index contributed by atoms with van der Waals surface area (Å²) < 4.78 is 0. The van der Waals surface area contributed by atoms with Crippen molar-refractivity contribution in [1.29, 1.82) is 0 Å². The van der Waals surface area contributed by atoms with Crippen LogP contribution in [0.4, 0.5) is 0 Å². The summed E-state index contributed by atoms with van der Waals surface area (Å²) in [7, 11) is 0. The molecular weight excluding hydrogens is 276 g/mol. The van der Waals surface area contributed by atoms with Gasteiger partial charge in [0.1, 0.15) is 12.1 Å². The van der Waals surface area contributed by atoms with Gasteiger partial charge in [0, 0.05) is 6.92 Å². The summed E-state index contributed by atoms with van der Waals surface area (Å²) in [5, 5.41) is 19.3. The number of rotatable bonds is 7. The molecule has 0 radical (unpaired) electrons. The zero-order chi connectivity index (χ0) is 17.2. The third-order valence-corrected chi connectivity index (χ3v) is 2.43. The lowest BCUT2D eigenvalue weighted by atomic mass is 10.0. The first-order valence-electron chi connectivity index (χ1n) is 6.95. The van der Waals surface area contributed by atoms with Crippen LogP contribution in [0, 0.1) is 11.8 Å². The maximum absolute atomic E-state index is 10.6. The molecule has 0 aromatic rings. The molecule has 7 heteroatoms. The minimum Gasteiger partial charge on any atom is -0.480 e. The average molecular weight is 304 g/mol. The molecule has 0 aliphatic carbocycles. The molecule has 21 heavy (non-hydrogen) atoms. The fourth-order valence-electron chi connectivity index (χ4n) is 1.55. The average Bonchev–Trinajstić information content (AvgIpc) is 2.26. The summed E-state index contributed by atoms with van der Waals surface area (Å²) in [5.41, 5.74) is 5.22. The summed E-state index contributed by atoms with van der Waals surface area (Å²) >= 11 is 0. The van der Waals surface area contributed by atoms with Gasteiger partial charge in [-0.1, -0.05) is 27.7 Å². The Kier molecular flexibility index (Phi) is 11.4. The molecule has 0 fully saturated rings. The number of amides is 1. The second-order valence-electron chi connectivity index (χ2n) is 5.80. The summed E-state index contributed by atoms with van der Waals surface area (Å²) in [6, 6.07) is -1.44. The normalized spacial score (nSPS) is 13.1. The van der Waals surface area contributed by atoms with Crippen molar-refractivity contribution in [2.75, 3.05) is 0 Å². The molecule has 0 aromatic carbocycles. The van der Waals surface area contributed by atoms with E-state index >= 15 is 0 Å². The van der Waals surface area contributed by atoms with Crippen molar-refractivity contribution in [2.45, 2.75) is 59.5 Å². The van der Waals surface area contributed by atoms with Crippen LogP contribution < -0.4 is 11.1 Å². The van der Waals surface area contributed by atoms with E-state index in [1.54, 1.807) is 0 Å². The van der Waals surface area contributed by atoms with Crippen LogP contribution in [0.15, 0.2) is 0 Å². The van der Waals surface area contributed by atoms with Crippen molar-refractivity contribution in [1.82, 2.24) is 5.32 Å². The quantitative estimate of drug-likeness (QED) is 0.556. The van der Waals surface area contributed by atoms with Crippen LogP contribution in [0.3, 0.4) is 0 Å². The molecule has 0 saturated heterocycles. The van der Waals surface area contributed by atoms with E-state index < -0.39 is 24.0 Å². The Morgan fingerprint density at radius 2 is 1.38 bits per heavy atom. The number of carboxylic acids is 2. The minimum atomic E-state index is -0.973. The van der Waals surface area contributed by atoms with E-state index in [-0.39, 0.29) is 11.8 Å². The largest absolute Gasteiger partial charge is 0.480 e. The SMILES string of the molecule is CC(=O)N[C@H](CC(C)C)C(=O)O.CC(C)C[C@@H](N)C(=O)O. The maximum atomic E-state index is 10.6. The summed E-state index contributed by atoms with van der Waals surface area (Å²) in [6.07, 6.45) is 1.02. The zero-order valence-electron chi connectivity index (χ0n) is 13.4. The fourth-order valence-corrected chi connectivity index (χ4v) is 1.55. The highest BCUT2D eigenvalue weighted by Gasteiger charge is 2.18. The minimum absolute atomic E-state index is 0.262. The molecule has 0 aromatic heterocycles. The molecule has 0 saturated carbocycles. The monoisotopic (exact) mass is 304 g/mol. The van der Waals surface area contributed by atoms with Crippen molar-refractivity contribution in [3.8, 4) is 0 Å². The summed E-state index contributed by atoms with van der Waals surface area (Å²) in [6.45, 7) is 9.04. The van der Waals surface area contributed by atoms with Gasteiger partial charge in [-0.05, 0) is 24.7 Å². The number of hydrogen-bond acceptors (Lipinski definition) is 4. The van der Waals surface area contributed by atoms with Gasteiger partial charge in [-0.2, -0.15) is 0 Å². The Balaban J connectivity index is 0. The Morgan fingerprint density at radius 3 is 1.57 bits per heavy atom. The Hall–Kier alpha value is -1.63. The molecule has 7 nitrogen and oxygen atoms in total. The van der Waals surface area contributed by atoms with Gasteiger partial charge in [-0.25, -0.2) is 4.79 Å². The van der Waals surface area contributed by atoms with Crippen molar-refractivity contribution >= 4 is 17.8 Å². The molecule has 2 atom stereocenters. The highest BCUT2D eigenvalue weighted by atomic mass is 16.4. The molecule has 0 heterocycles. The lowest BCUT2D eigenvalue weighted by molar-refractivity contribution is -0.142. The van der Waals surface area contributed by atoms with Crippen LogP contribution in [-0.2, 0) is 14.4 Å². The molecule has 0 bridgehead atoms. The van der Waals surface area contributed by atoms with E-state index in [1.165, 1.54) is 6.92 Å². The number of carboxylic acid groups (broad SMARTS) is 2. The van der Waals surface area contributed by atoms with E-state index in [0.29, 0.717) is 18.8 Å². The molecule has 0 aliphatic heterocycles. The predicted molar refractivity (Wildman–Crippen MR) is 79.8 cm³/mol. The summed E-state index contributed by atoms with van der Waals surface area (Å²) in [4.78, 5) is 31.2. The van der Waals surface area contributed by atoms with Crippen LogP contribution in [-0.4, -0.2) is 40.1 Å². The molecule has 0 unspecified atom stereocenters. The number of hydrogen-bond donors (Lipinski definition) is 4. The third kappa shape index (κ3) is 14.6. The van der Waals surface area contributed by atoms with Gasteiger partial charge < -0.3 is 21.3 Å². The first kappa shape index (κ1) is 21.7. The lowest BCUT2D eigenvalue weighted by Gasteiger charge is -2.14. The standard InChI is InChI=1S/C8H15NO3.C6H13NO2/c1-5(2)4-7(8(11)12)9-6(3)10;1-4(2)3-5(7)6(8)9/h5,7H,4H2,1-3H3,(H,9,10)(H,11,12);4-5H,3,7H2,1-2H3,(H,8,9)/t7-;5-/m11/s1. The first-order valence-corrected chi connectivity index (χ1v) is 6.95. The van der Waals surface area contributed by atoms with Crippen molar-refractivity contribution in [3.63, 3.8) is 0 Å². The fraction of sp³-hybridized carbons (Fsp3) is 0.786. The van der Waals surface area contributed by atoms with Crippen LogP contribution >= 0.6 is 0 Å². The predicted octanol–water partition coefficient (Wildman–Crippen LogP) is 1.07. The molecule has 0 aliphatic rings. The second kappa shape index (κ2) is 11.1. The molecule has 0 spiro atoms. The van der Waals surface area contributed by atoms with Crippen LogP contribution in [0.25, 0.3) is 0 Å². The number of carbonyl (C=O) groups excluding carboxylic acids is 1. The highest BCUT2D eigenvalue weighted by Crippen LogP contribution is 2.04. The van der Waals surface area contributed by atoms with Gasteiger partial charge in [-0.15, -0.1) is 0 Å². The Bertz CT molecular complexity index is 342. The van der Waals surface area contributed by atoms with E-state index in [2.05, 4.69) is 5.32 Å². The van der Waals surface area contributed by atoms with Crippen molar-refractivity contribution in [2.24, 2.45) is 17.6 Å². The first-order chi connectivity index (χ1) is 9.47. The van der Waals surface area contributed by atoms with E-state index in [4.69, 9.17) is 15.9 Å². The van der Waals surface area contributed by atoms with Gasteiger partial charge in [-0.3, -0.25) is 9.59 Å². The Morgan fingerprint density at radius 1 is 0.952 bits per heavy atom. The molecule has 0 rings (SSSR count). The van der Waals surface area contributed by atoms with Gasteiger partial charge in [0.15, 0.2) is 0 Å². The lowest BCUT2D eigenvalue weighted by Crippen LogP contribution is -2.40. The van der Waals surface area contributed by atoms with E-state index in [1.807, 2.05) is 27.7 Å². The van der Waals surface area contributed by atoms with Crippen molar-refractivity contribution < 1.29 is 24.6 Å². The van der Waals surface area contributed by atoms with Crippen LogP contribution in [0.1, 0.15) is 47.5 Å². The highest BCUT2D eigenvalue weighted by molar-refractivity contribution is 5.82. The number of nitrogens with two attached hydrogens (primary N) is 1. The van der Waals surface area contributed by atoms with E-state index in [0.717, 1.165) is 0 Å². The number of nitrogens with one attached hydrogen (secondary N) is 1. The van der Waals surface area contributed by atoms with Crippen molar-refractivity contribution in [3.05, 3.63) is 0 Å². The van der Waals surface area contributed by atoms with Crippen LogP contribution in [0.2, 0.25) is 0 Å². The molecular formula is C14H28N2O5. The molecule has 5 N–H and O–H groups in total. The van der Waals surface area contributed by atoms with Gasteiger partial charge in [0.25, 0.3) is 0 Å².